The van der Waals surface area contributed by atoms with Crippen LogP contribution in [0.1, 0.15) is 30.0 Å². The molecule has 0 radical (unpaired) electrons. The quantitative estimate of drug-likeness (QED) is 0.838. The van der Waals surface area contributed by atoms with E-state index in [4.69, 9.17) is 0 Å². The molecule has 1 fully saturated rings. The van der Waals surface area contributed by atoms with Crippen molar-refractivity contribution in [1.82, 2.24) is 5.32 Å². The van der Waals surface area contributed by atoms with E-state index in [2.05, 4.69) is 11.4 Å². The highest BCUT2D eigenvalue weighted by molar-refractivity contribution is 5.68. The monoisotopic (exact) mass is 291 g/mol. The molecule has 1 aliphatic heterocycles. The van der Waals surface area contributed by atoms with Gasteiger partial charge in [-0.3, -0.25) is 0 Å². The molecule has 110 valence electrons. The Labute approximate surface area is 121 Å². The van der Waals surface area contributed by atoms with Crippen LogP contribution in [0, 0.1) is 0 Å². The lowest BCUT2D eigenvalue weighted by atomic mass is 9.93. The van der Waals surface area contributed by atoms with Gasteiger partial charge in [-0.15, -0.1) is 0 Å². The van der Waals surface area contributed by atoms with Crippen molar-refractivity contribution in [3.05, 3.63) is 59.7 Å². The summed E-state index contributed by atoms with van der Waals surface area (Å²) < 4.78 is 37.9. The van der Waals surface area contributed by atoms with Gasteiger partial charge in [-0.2, -0.15) is 13.2 Å². The van der Waals surface area contributed by atoms with E-state index >= 15 is 0 Å². The summed E-state index contributed by atoms with van der Waals surface area (Å²) in [7, 11) is 0. The predicted molar refractivity (Wildman–Crippen MR) is 76.9 cm³/mol. The van der Waals surface area contributed by atoms with Crippen molar-refractivity contribution in [2.45, 2.75) is 25.1 Å². The van der Waals surface area contributed by atoms with E-state index in [9.17, 15) is 13.2 Å². The molecule has 3 rings (SSSR count). The van der Waals surface area contributed by atoms with Crippen LogP contribution in [-0.4, -0.2) is 6.54 Å². The zero-order valence-corrected chi connectivity index (χ0v) is 11.5. The van der Waals surface area contributed by atoms with Gasteiger partial charge >= 0.3 is 6.18 Å². The van der Waals surface area contributed by atoms with Crippen LogP contribution in [0.4, 0.5) is 13.2 Å². The van der Waals surface area contributed by atoms with E-state index in [1.54, 1.807) is 12.1 Å². The maximum Gasteiger partial charge on any atom is 0.416 e. The van der Waals surface area contributed by atoms with Gasteiger partial charge in [-0.05, 0) is 48.2 Å². The maximum absolute atomic E-state index is 12.6. The second kappa shape index (κ2) is 5.53. The van der Waals surface area contributed by atoms with E-state index in [1.807, 2.05) is 18.2 Å². The van der Waals surface area contributed by atoms with Gasteiger partial charge in [0.25, 0.3) is 0 Å². The molecule has 0 aliphatic carbocycles. The Hall–Kier alpha value is -1.81. The van der Waals surface area contributed by atoms with Crippen LogP contribution >= 0.6 is 0 Å². The Morgan fingerprint density at radius 3 is 2.29 bits per heavy atom. The first-order valence-electron chi connectivity index (χ1n) is 7.05. The molecular weight excluding hydrogens is 275 g/mol. The molecule has 2 aromatic rings. The van der Waals surface area contributed by atoms with Crippen LogP contribution in [0.3, 0.4) is 0 Å². The van der Waals surface area contributed by atoms with E-state index in [1.165, 1.54) is 0 Å². The van der Waals surface area contributed by atoms with Crippen molar-refractivity contribution in [2.75, 3.05) is 6.54 Å². The largest absolute Gasteiger partial charge is 0.416 e. The average Bonchev–Trinajstić information content (AvgIpc) is 3.01. The minimum absolute atomic E-state index is 0.295. The first-order chi connectivity index (χ1) is 10.1. The third-order valence-electron chi connectivity index (χ3n) is 3.92. The molecule has 1 saturated heterocycles. The minimum Gasteiger partial charge on any atom is -0.310 e. The first kappa shape index (κ1) is 14.1. The molecule has 1 aliphatic rings. The highest BCUT2D eigenvalue weighted by Crippen LogP contribution is 2.34. The normalized spacial score (nSPS) is 18.9. The lowest BCUT2D eigenvalue weighted by molar-refractivity contribution is -0.137. The Morgan fingerprint density at radius 2 is 1.67 bits per heavy atom. The number of hydrogen-bond acceptors (Lipinski definition) is 1. The van der Waals surface area contributed by atoms with Crippen molar-refractivity contribution in [1.29, 1.82) is 0 Å². The summed E-state index contributed by atoms with van der Waals surface area (Å²) in [6, 6.07) is 13.6. The highest BCUT2D eigenvalue weighted by Gasteiger charge is 2.30. The number of hydrogen-bond donors (Lipinski definition) is 1. The SMILES string of the molecule is FC(F)(F)c1ccc(-c2ccccc2C2CCCN2)cc1. The number of benzene rings is 2. The number of nitrogens with one attached hydrogen (secondary N) is 1. The van der Waals surface area contributed by atoms with E-state index in [0.29, 0.717) is 6.04 Å². The molecule has 1 N–H and O–H groups in total. The predicted octanol–water partition coefficient (Wildman–Crippen LogP) is 4.80. The Bertz CT molecular complexity index is 611. The van der Waals surface area contributed by atoms with Gasteiger partial charge in [0, 0.05) is 6.04 Å². The molecule has 1 atom stereocenters. The molecule has 21 heavy (non-hydrogen) atoms. The summed E-state index contributed by atoms with van der Waals surface area (Å²) in [5, 5.41) is 3.44. The van der Waals surface area contributed by atoms with Crippen LogP contribution in [0.2, 0.25) is 0 Å². The van der Waals surface area contributed by atoms with Gasteiger partial charge in [0.1, 0.15) is 0 Å². The van der Waals surface area contributed by atoms with Gasteiger partial charge in [-0.25, -0.2) is 0 Å². The van der Waals surface area contributed by atoms with Crippen LogP contribution in [0.25, 0.3) is 11.1 Å². The van der Waals surface area contributed by atoms with Gasteiger partial charge in [0.2, 0.25) is 0 Å². The Morgan fingerprint density at radius 1 is 0.952 bits per heavy atom. The molecule has 0 spiro atoms. The molecule has 1 heterocycles. The summed E-state index contributed by atoms with van der Waals surface area (Å²) in [5.74, 6) is 0. The minimum atomic E-state index is -4.29. The van der Waals surface area contributed by atoms with Crippen molar-refractivity contribution >= 4 is 0 Å². The lowest BCUT2D eigenvalue weighted by Crippen LogP contribution is -2.13. The average molecular weight is 291 g/mol. The number of rotatable bonds is 2. The molecule has 0 saturated carbocycles. The molecular formula is C17H16F3N. The zero-order chi connectivity index (χ0) is 14.9. The fourth-order valence-electron chi connectivity index (χ4n) is 2.85. The third-order valence-corrected chi connectivity index (χ3v) is 3.92. The summed E-state index contributed by atoms with van der Waals surface area (Å²) in [4.78, 5) is 0. The van der Waals surface area contributed by atoms with Crippen LogP contribution in [0.15, 0.2) is 48.5 Å². The smallest absolute Gasteiger partial charge is 0.310 e. The summed E-state index contributed by atoms with van der Waals surface area (Å²) in [6.07, 6.45) is -2.09. The maximum atomic E-state index is 12.6. The van der Waals surface area contributed by atoms with Crippen LogP contribution in [-0.2, 0) is 6.18 Å². The van der Waals surface area contributed by atoms with Crippen LogP contribution in [0.5, 0.6) is 0 Å². The fraction of sp³-hybridized carbons (Fsp3) is 0.294. The van der Waals surface area contributed by atoms with E-state index < -0.39 is 11.7 Å². The molecule has 0 amide bonds. The summed E-state index contributed by atoms with van der Waals surface area (Å²) in [5.41, 5.74) is 2.38. The Kier molecular flexibility index (Phi) is 3.72. The molecule has 2 aromatic carbocycles. The third kappa shape index (κ3) is 2.95. The topological polar surface area (TPSA) is 12.0 Å². The standard InChI is InChI=1S/C17H16F3N/c18-17(19,20)13-9-7-12(8-10-13)14-4-1-2-5-15(14)16-6-3-11-21-16/h1-2,4-5,7-10,16,21H,3,6,11H2. The lowest BCUT2D eigenvalue weighted by Gasteiger charge is -2.16. The van der Waals surface area contributed by atoms with Gasteiger partial charge < -0.3 is 5.32 Å². The second-order valence-electron chi connectivity index (χ2n) is 5.31. The number of halogens is 3. The van der Waals surface area contributed by atoms with E-state index in [0.717, 1.165) is 48.2 Å². The van der Waals surface area contributed by atoms with Crippen LogP contribution < -0.4 is 5.32 Å². The van der Waals surface area contributed by atoms with Crippen molar-refractivity contribution in [3.8, 4) is 11.1 Å². The van der Waals surface area contributed by atoms with Crippen molar-refractivity contribution in [3.63, 3.8) is 0 Å². The van der Waals surface area contributed by atoms with Crippen molar-refractivity contribution in [2.24, 2.45) is 0 Å². The molecule has 1 unspecified atom stereocenters. The van der Waals surface area contributed by atoms with Gasteiger partial charge in [-0.1, -0.05) is 36.4 Å². The summed E-state index contributed by atoms with van der Waals surface area (Å²) in [6.45, 7) is 0.992. The van der Waals surface area contributed by atoms with E-state index in [-0.39, 0.29) is 0 Å². The van der Waals surface area contributed by atoms with Gasteiger partial charge in [0.15, 0.2) is 0 Å². The Balaban J connectivity index is 1.97. The molecule has 1 nitrogen and oxygen atoms in total. The second-order valence-corrected chi connectivity index (χ2v) is 5.31. The first-order valence-corrected chi connectivity index (χ1v) is 7.05. The molecule has 4 heteroatoms. The fourth-order valence-corrected chi connectivity index (χ4v) is 2.85. The highest BCUT2D eigenvalue weighted by atomic mass is 19.4. The summed E-state index contributed by atoms with van der Waals surface area (Å²) >= 11 is 0. The van der Waals surface area contributed by atoms with Gasteiger partial charge in [0.05, 0.1) is 5.56 Å². The molecule has 0 bridgehead atoms. The molecule has 0 aromatic heterocycles. The number of alkyl halides is 3. The zero-order valence-electron chi connectivity index (χ0n) is 11.5. The van der Waals surface area contributed by atoms with Crippen molar-refractivity contribution < 1.29 is 13.2 Å².